The van der Waals surface area contributed by atoms with E-state index in [9.17, 15) is 12.8 Å². The molecule has 1 aromatic heterocycles. The summed E-state index contributed by atoms with van der Waals surface area (Å²) < 4.78 is 41.0. The molecule has 0 aliphatic carbocycles. The summed E-state index contributed by atoms with van der Waals surface area (Å²) in [6, 6.07) is 11.2. The number of sulfonamides is 1. The summed E-state index contributed by atoms with van der Waals surface area (Å²) >= 11 is 0. The second kappa shape index (κ2) is 10.1. The summed E-state index contributed by atoms with van der Waals surface area (Å²) in [7, 11) is -3.61. The highest BCUT2D eigenvalue weighted by molar-refractivity contribution is 7.89. The molecule has 0 bridgehead atoms. The van der Waals surface area contributed by atoms with Gasteiger partial charge in [0, 0.05) is 30.4 Å². The summed E-state index contributed by atoms with van der Waals surface area (Å²) in [4.78, 5) is 4.37. The molecule has 0 aliphatic rings. The van der Waals surface area contributed by atoms with Gasteiger partial charge in [-0.15, -0.1) is 12.4 Å². The van der Waals surface area contributed by atoms with Gasteiger partial charge in [0.25, 0.3) is 0 Å². The van der Waals surface area contributed by atoms with Gasteiger partial charge in [-0.05, 0) is 67.6 Å². The van der Waals surface area contributed by atoms with E-state index in [4.69, 9.17) is 0 Å². The number of aryl methyl sites for hydroxylation is 1. The van der Waals surface area contributed by atoms with E-state index in [0.717, 1.165) is 28.3 Å². The molecular weight excluding hydrogens is 413 g/mol. The average molecular weight is 438 g/mol. The van der Waals surface area contributed by atoms with Crippen molar-refractivity contribution in [2.75, 3.05) is 13.1 Å². The highest BCUT2D eigenvalue weighted by Crippen LogP contribution is 2.21. The Morgan fingerprint density at radius 1 is 1.10 bits per heavy atom. The Morgan fingerprint density at radius 2 is 1.83 bits per heavy atom. The number of hydrogen-bond acceptors (Lipinski definition) is 4. The van der Waals surface area contributed by atoms with Gasteiger partial charge in [0.1, 0.15) is 5.82 Å². The summed E-state index contributed by atoms with van der Waals surface area (Å²) in [6.07, 6.45) is 4.19. The number of nitrogens with one attached hydrogen (secondary N) is 2. The highest BCUT2D eigenvalue weighted by Gasteiger charge is 2.18. The van der Waals surface area contributed by atoms with Crippen LogP contribution in [-0.2, 0) is 16.4 Å². The molecule has 0 saturated carbocycles. The van der Waals surface area contributed by atoms with Gasteiger partial charge in [-0.1, -0.05) is 18.2 Å². The first-order chi connectivity index (χ1) is 13.3. The van der Waals surface area contributed by atoms with E-state index in [0.29, 0.717) is 13.1 Å². The molecule has 29 heavy (non-hydrogen) atoms. The molecule has 0 aliphatic heterocycles. The van der Waals surface area contributed by atoms with Crippen LogP contribution in [0.3, 0.4) is 0 Å². The molecule has 0 spiro atoms. The molecule has 1 heterocycles. The van der Waals surface area contributed by atoms with Crippen molar-refractivity contribution >= 4 is 33.2 Å². The van der Waals surface area contributed by atoms with Gasteiger partial charge >= 0.3 is 0 Å². The summed E-state index contributed by atoms with van der Waals surface area (Å²) in [5, 5.41) is 5.02. The van der Waals surface area contributed by atoms with Crippen molar-refractivity contribution in [2.24, 2.45) is 0 Å². The molecule has 1 atom stereocenters. The molecule has 0 fully saturated rings. The number of benzene rings is 2. The minimum absolute atomic E-state index is 0. The molecule has 5 nitrogen and oxygen atoms in total. The van der Waals surface area contributed by atoms with E-state index in [2.05, 4.69) is 15.0 Å². The zero-order chi connectivity index (χ0) is 20.1. The third kappa shape index (κ3) is 6.21. The highest BCUT2D eigenvalue weighted by atomic mass is 35.5. The molecule has 2 aromatic carbocycles. The fourth-order valence-corrected chi connectivity index (χ4v) is 4.30. The van der Waals surface area contributed by atoms with Gasteiger partial charge in [-0.25, -0.2) is 17.5 Å². The van der Waals surface area contributed by atoms with Crippen molar-refractivity contribution in [3.8, 4) is 0 Å². The summed E-state index contributed by atoms with van der Waals surface area (Å²) in [6.45, 7) is 4.91. The van der Waals surface area contributed by atoms with Crippen LogP contribution >= 0.6 is 12.4 Å². The number of hydrogen-bond donors (Lipinski definition) is 2. The van der Waals surface area contributed by atoms with Crippen molar-refractivity contribution < 1.29 is 12.8 Å². The first-order valence-corrected chi connectivity index (χ1v) is 10.7. The number of rotatable bonds is 8. The molecule has 8 heteroatoms. The first-order valence-electron chi connectivity index (χ1n) is 9.17. The Bertz CT molecular complexity index is 1060. The smallest absolute Gasteiger partial charge is 0.240 e. The van der Waals surface area contributed by atoms with Crippen LogP contribution in [0.2, 0.25) is 0 Å². The maximum atomic E-state index is 12.9. The van der Waals surface area contributed by atoms with Gasteiger partial charge in [-0.3, -0.25) is 4.98 Å². The molecule has 0 unspecified atom stereocenters. The molecule has 156 valence electrons. The van der Waals surface area contributed by atoms with Crippen LogP contribution < -0.4 is 10.0 Å². The van der Waals surface area contributed by atoms with Gasteiger partial charge in [-0.2, -0.15) is 0 Å². The lowest BCUT2D eigenvalue weighted by Gasteiger charge is -2.15. The summed E-state index contributed by atoms with van der Waals surface area (Å²) in [5.41, 5.74) is 1.97. The molecule has 3 aromatic rings. The zero-order valence-electron chi connectivity index (χ0n) is 16.4. The fraction of sp³-hybridized carbons (Fsp3) is 0.286. The third-order valence-electron chi connectivity index (χ3n) is 4.55. The predicted octanol–water partition coefficient (Wildman–Crippen LogP) is 3.60. The van der Waals surface area contributed by atoms with E-state index in [1.54, 1.807) is 42.7 Å². The number of aromatic nitrogens is 1. The fourth-order valence-electron chi connectivity index (χ4n) is 3.03. The lowest BCUT2D eigenvalue weighted by atomic mass is 10.1. The minimum atomic E-state index is -3.61. The number of halogens is 2. The van der Waals surface area contributed by atoms with Crippen LogP contribution in [-0.4, -0.2) is 32.5 Å². The Morgan fingerprint density at radius 3 is 2.55 bits per heavy atom. The molecule has 0 radical (unpaired) electrons. The Hall–Kier alpha value is -2.06. The summed E-state index contributed by atoms with van der Waals surface area (Å²) in [5.74, 6) is -0.250. The van der Waals surface area contributed by atoms with Crippen LogP contribution in [0.5, 0.6) is 0 Å². The monoisotopic (exact) mass is 437 g/mol. The quantitative estimate of drug-likeness (QED) is 0.528. The van der Waals surface area contributed by atoms with Crippen LogP contribution in [0, 0.1) is 12.7 Å². The van der Waals surface area contributed by atoms with Gasteiger partial charge in [0.2, 0.25) is 10.0 Å². The van der Waals surface area contributed by atoms with Crippen molar-refractivity contribution in [2.45, 2.75) is 31.2 Å². The third-order valence-corrected chi connectivity index (χ3v) is 6.14. The molecule has 0 saturated heterocycles. The van der Waals surface area contributed by atoms with E-state index in [1.807, 2.05) is 13.8 Å². The standard InChI is InChI=1S/C21H24FN3O2S.ClH/c1-15-12-24-14-18-5-8-20(11-21(15)18)28(26,27)25-16(2)13-23-10-9-17-3-6-19(22)7-4-17;/h3-8,11-12,14,16,23,25H,9-10,13H2,1-2H3;1H/t16-;/m1./s1. The largest absolute Gasteiger partial charge is 0.315 e. The van der Waals surface area contributed by atoms with Crippen molar-refractivity contribution in [3.05, 3.63) is 71.8 Å². The normalized spacial score (nSPS) is 12.5. The van der Waals surface area contributed by atoms with Crippen molar-refractivity contribution in [1.29, 1.82) is 0 Å². The second-order valence-electron chi connectivity index (χ2n) is 6.94. The van der Waals surface area contributed by atoms with E-state index in [1.165, 1.54) is 12.1 Å². The topological polar surface area (TPSA) is 71.1 Å². The molecular formula is C21H25ClFN3O2S. The Kier molecular flexibility index (Phi) is 8.10. The van der Waals surface area contributed by atoms with Crippen LogP contribution in [0.15, 0.2) is 59.8 Å². The Balaban J connectivity index is 0.00000300. The first kappa shape index (κ1) is 23.2. The molecule has 3 rings (SSSR count). The van der Waals surface area contributed by atoms with Crippen LogP contribution in [0.1, 0.15) is 18.1 Å². The van der Waals surface area contributed by atoms with Crippen LogP contribution in [0.25, 0.3) is 10.8 Å². The van der Waals surface area contributed by atoms with E-state index < -0.39 is 10.0 Å². The molecule has 2 N–H and O–H groups in total. The minimum Gasteiger partial charge on any atom is -0.315 e. The predicted molar refractivity (Wildman–Crippen MR) is 116 cm³/mol. The maximum Gasteiger partial charge on any atom is 0.240 e. The Labute approximate surface area is 177 Å². The number of nitrogens with zero attached hydrogens (tertiary/aromatic N) is 1. The van der Waals surface area contributed by atoms with Crippen molar-refractivity contribution in [1.82, 2.24) is 15.0 Å². The van der Waals surface area contributed by atoms with E-state index >= 15 is 0 Å². The lowest BCUT2D eigenvalue weighted by Crippen LogP contribution is -2.40. The van der Waals surface area contributed by atoms with Crippen molar-refractivity contribution in [3.63, 3.8) is 0 Å². The van der Waals surface area contributed by atoms with Gasteiger partial charge in [0.05, 0.1) is 4.90 Å². The lowest BCUT2D eigenvalue weighted by molar-refractivity contribution is 0.537. The second-order valence-corrected chi connectivity index (χ2v) is 8.66. The SMILES string of the molecule is Cc1cncc2ccc(S(=O)(=O)N[C@H](C)CNCCc3ccc(F)cc3)cc12.Cl. The number of pyridine rings is 1. The van der Waals surface area contributed by atoms with Gasteiger partial charge < -0.3 is 5.32 Å². The average Bonchev–Trinajstić information content (AvgIpc) is 2.66. The molecule has 0 amide bonds. The zero-order valence-corrected chi connectivity index (χ0v) is 18.0. The van der Waals surface area contributed by atoms with E-state index in [-0.39, 0.29) is 29.2 Å². The maximum absolute atomic E-state index is 12.9. The van der Waals surface area contributed by atoms with Crippen LogP contribution in [0.4, 0.5) is 4.39 Å². The number of fused-ring (bicyclic) bond motifs is 1. The van der Waals surface area contributed by atoms with Gasteiger partial charge in [0.15, 0.2) is 0 Å².